The summed E-state index contributed by atoms with van der Waals surface area (Å²) in [4.78, 5) is 14.4. The molecule has 2 aliphatic rings. The van der Waals surface area contributed by atoms with Gasteiger partial charge in [-0.05, 0) is 52.6 Å². The van der Waals surface area contributed by atoms with Gasteiger partial charge in [-0.2, -0.15) is 0 Å². The Bertz CT molecular complexity index is 520. The molecular weight excluding hydrogens is 286 g/mol. The van der Waals surface area contributed by atoms with Crippen LogP contribution in [0.3, 0.4) is 0 Å². The van der Waals surface area contributed by atoms with Crippen molar-refractivity contribution in [3.63, 3.8) is 0 Å². The second-order valence-corrected chi connectivity index (χ2v) is 7.31. The molecular formula is C18H31N5. The summed E-state index contributed by atoms with van der Waals surface area (Å²) < 4.78 is 0. The number of hydrogen-bond acceptors (Lipinski definition) is 5. The minimum absolute atomic E-state index is 0.108. The van der Waals surface area contributed by atoms with Gasteiger partial charge in [0, 0.05) is 30.9 Å². The second kappa shape index (κ2) is 7.58. The highest BCUT2D eigenvalue weighted by molar-refractivity contribution is 5.50. The number of aromatic nitrogens is 2. The van der Waals surface area contributed by atoms with Gasteiger partial charge >= 0.3 is 0 Å². The van der Waals surface area contributed by atoms with Crippen molar-refractivity contribution in [3.8, 4) is 0 Å². The van der Waals surface area contributed by atoms with Crippen molar-refractivity contribution in [1.82, 2.24) is 14.9 Å². The van der Waals surface area contributed by atoms with E-state index in [9.17, 15) is 0 Å². The summed E-state index contributed by atoms with van der Waals surface area (Å²) in [5.41, 5.74) is 9.03. The van der Waals surface area contributed by atoms with Crippen LogP contribution < -0.4 is 10.6 Å². The molecule has 1 atom stereocenters. The molecule has 1 fully saturated rings. The molecule has 0 saturated carbocycles. The molecule has 1 saturated heterocycles. The van der Waals surface area contributed by atoms with Crippen LogP contribution in [0.1, 0.15) is 61.6 Å². The lowest BCUT2D eigenvalue weighted by Gasteiger charge is -2.29. The Morgan fingerprint density at radius 1 is 1.00 bits per heavy atom. The van der Waals surface area contributed by atoms with Crippen LogP contribution in [-0.2, 0) is 12.8 Å². The normalized spacial score (nSPS) is 20.3. The highest BCUT2D eigenvalue weighted by Gasteiger charge is 2.24. The summed E-state index contributed by atoms with van der Waals surface area (Å²) in [6.07, 6.45) is 9.96. The number of rotatable bonds is 4. The standard InChI is InChI=1S/C18H31N5/c1-22(2)13-15(19)17-20-16-10-6-5-9-14(16)18(21-17)23-11-7-3-4-8-12-23/h15H,3-13,19H2,1-2H3. The van der Waals surface area contributed by atoms with Crippen LogP contribution in [-0.4, -0.2) is 48.6 Å². The molecule has 0 radical (unpaired) electrons. The molecule has 2 N–H and O–H groups in total. The number of aryl methyl sites for hydroxylation is 1. The monoisotopic (exact) mass is 317 g/mol. The summed E-state index contributed by atoms with van der Waals surface area (Å²) in [6.45, 7) is 3.05. The predicted molar refractivity (Wildman–Crippen MR) is 94.8 cm³/mol. The molecule has 0 aromatic carbocycles. The van der Waals surface area contributed by atoms with E-state index in [-0.39, 0.29) is 6.04 Å². The number of anilines is 1. The largest absolute Gasteiger partial charge is 0.356 e. The van der Waals surface area contributed by atoms with Crippen LogP contribution in [0.4, 0.5) is 5.82 Å². The van der Waals surface area contributed by atoms with Gasteiger partial charge in [-0.15, -0.1) is 0 Å². The van der Waals surface area contributed by atoms with E-state index in [1.807, 2.05) is 14.1 Å². The van der Waals surface area contributed by atoms with E-state index in [0.717, 1.165) is 38.3 Å². The number of nitrogens with two attached hydrogens (primary N) is 1. The molecule has 5 heteroatoms. The van der Waals surface area contributed by atoms with Crippen LogP contribution in [0.25, 0.3) is 0 Å². The molecule has 0 spiro atoms. The molecule has 1 aliphatic carbocycles. The first-order valence-corrected chi connectivity index (χ1v) is 9.20. The van der Waals surface area contributed by atoms with E-state index in [0.29, 0.717) is 0 Å². The number of nitrogens with zero attached hydrogens (tertiary/aromatic N) is 4. The van der Waals surface area contributed by atoms with E-state index in [1.165, 1.54) is 55.6 Å². The summed E-state index contributed by atoms with van der Waals surface area (Å²) >= 11 is 0. The fraction of sp³-hybridized carbons (Fsp3) is 0.778. The minimum Gasteiger partial charge on any atom is -0.356 e. The maximum atomic E-state index is 6.37. The third-order valence-corrected chi connectivity index (χ3v) is 4.98. The highest BCUT2D eigenvalue weighted by Crippen LogP contribution is 2.30. The average molecular weight is 317 g/mol. The quantitative estimate of drug-likeness (QED) is 0.923. The zero-order valence-corrected chi connectivity index (χ0v) is 14.7. The van der Waals surface area contributed by atoms with Gasteiger partial charge < -0.3 is 15.5 Å². The summed E-state index contributed by atoms with van der Waals surface area (Å²) in [7, 11) is 4.10. The summed E-state index contributed by atoms with van der Waals surface area (Å²) in [6, 6.07) is -0.108. The average Bonchev–Trinajstić information content (AvgIpc) is 2.82. The Kier molecular flexibility index (Phi) is 5.49. The highest BCUT2D eigenvalue weighted by atomic mass is 15.2. The van der Waals surface area contributed by atoms with Crippen molar-refractivity contribution in [1.29, 1.82) is 0 Å². The lowest BCUT2D eigenvalue weighted by atomic mass is 9.95. The van der Waals surface area contributed by atoms with E-state index in [2.05, 4.69) is 9.80 Å². The van der Waals surface area contributed by atoms with Gasteiger partial charge in [0.25, 0.3) is 0 Å². The van der Waals surface area contributed by atoms with E-state index in [4.69, 9.17) is 15.7 Å². The van der Waals surface area contributed by atoms with Gasteiger partial charge in [-0.1, -0.05) is 12.8 Å². The second-order valence-electron chi connectivity index (χ2n) is 7.31. The number of fused-ring (bicyclic) bond motifs is 1. The molecule has 2 heterocycles. The lowest BCUT2D eigenvalue weighted by Crippen LogP contribution is -2.32. The Labute approximate surface area is 140 Å². The maximum Gasteiger partial charge on any atom is 0.149 e. The molecule has 3 rings (SSSR count). The van der Waals surface area contributed by atoms with Crippen molar-refractivity contribution in [2.24, 2.45) is 5.73 Å². The zero-order valence-electron chi connectivity index (χ0n) is 14.7. The Morgan fingerprint density at radius 2 is 1.70 bits per heavy atom. The molecule has 1 aromatic rings. The van der Waals surface area contributed by atoms with Crippen LogP contribution in [0.5, 0.6) is 0 Å². The van der Waals surface area contributed by atoms with Crippen molar-refractivity contribution < 1.29 is 0 Å². The third-order valence-electron chi connectivity index (χ3n) is 4.98. The molecule has 0 bridgehead atoms. The molecule has 1 aromatic heterocycles. The first-order chi connectivity index (χ1) is 11.1. The van der Waals surface area contributed by atoms with Crippen LogP contribution >= 0.6 is 0 Å². The topological polar surface area (TPSA) is 58.3 Å². The van der Waals surface area contributed by atoms with Gasteiger partial charge in [0.1, 0.15) is 11.6 Å². The zero-order chi connectivity index (χ0) is 16.2. The molecule has 128 valence electrons. The minimum atomic E-state index is -0.108. The van der Waals surface area contributed by atoms with Gasteiger partial charge in [0.05, 0.1) is 6.04 Å². The molecule has 0 amide bonds. The Hall–Kier alpha value is -1.20. The maximum absolute atomic E-state index is 6.37. The van der Waals surface area contributed by atoms with E-state index in [1.54, 1.807) is 0 Å². The van der Waals surface area contributed by atoms with E-state index >= 15 is 0 Å². The van der Waals surface area contributed by atoms with Crippen molar-refractivity contribution in [3.05, 3.63) is 17.1 Å². The lowest BCUT2D eigenvalue weighted by molar-refractivity contribution is 0.369. The van der Waals surface area contributed by atoms with Crippen molar-refractivity contribution >= 4 is 5.82 Å². The summed E-state index contributed by atoms with van der Waals surface area (Å²) in [5, 5.41) is 0. The SMILES string of the molecule is CN(C)CC(N)c1nc2c(c(N3CCCCCC3)n1)CCCC2. The van der Waals surface area contributed by atoms with E-state index < -0.39 is 0 Å². The fourth-order valence-corrected chi connectivity index (χ4v) is 3.78. The first-order valence-electron chi connectivity index (χ1n) is 9.20. The van der Waals surface area contributed by atoms with Gasteiger partial charge in [-0.25, -0.2) is 9.97 Å². The molecule has 5 nitrogen and oxygen atoms in total. The first kappa shape index (κ1) is 16.7. The number of hydrogen-bond donors (Lipinski definition) is 1. The Balaban J connectivity index is 1.94. The van der Waals surface area contributed by atoms with Crippen molar-refractivity contribution in [2.75, 3.05) is 38.6 Å². The van der Waals surface area contributed by atoms with Gasteiger partial charge in [0.15, 0.2) is 0 Å². The van der Waals surface area contributed by atoms with Crippen LogP contribution in [0.2, 0.25) is 0 Å². The molecule has 1 unspecified atom stereocenters. The Morgan fingerprint density at radius 3 is 2.39 bits per heavy atom. The predicted octanol–water partition coefficient (Wildman–Crippen LogP) is 2.30. The van der Waals surface area contributed by atoms with Gasteiger partial charge in [-0.3, -0.25) is 0 Å². The molecule has 23 heavy (non-hydrogen) atoms. The van der Waals surface area contributed by atoms with Crippen LogP contribution in [0.15, 0.2) is 0 Å². The fourth-order valence-electron chi connectivity index (χ4n) is 3.78. The third kappa shape index (κ3) is 4.01. The molecule has 1 aliphatic heterocycles. The van der Waals surface area contributed by atoms with Gasteiger partial charge in [0.2, 0.25) is 0 Å². The number of likely N-dealkylation sites (N-methyl/N-ethyl adjacent to an activating group) is 1. The van der Waals surface area contributed by atoms with Crippen molar-refractivity contribution in [2.45, 2.75) is 57.4 Å². The smallest absolute Gasteiger partial charge is 0.149 e. The summed E-state index contributed by atoms with van der Waals surface area (Å²) in [5.74, 6) is 2.03. The van der Waals surface area contributed by atoms with Crippen LogP contribution in [0, 0.1) is 0 Å².